The summed E-state index contributed by atoms with van der Waals surface area (Å²) in [5.74, 6) is -0.0697. The number of benzene rings is 2. The van der Waals surface area contributed by atoms with Gasteiger partial charge in [0.2, 0.25) is 0 Å². The van der Waals surface area contributed by atoms with E-state index in [9.17, 15) is 9.59 Å². The number of hydrogen-bond donors (Lipinski definition) is 0. The lowest BCUT2D eigenvalue weighted by molar-refractivity contribution is 0.0978. The van der Waals surface area contributed by atoms with Crippen LogP contribution in [0.25, 0.3) is 0 Å². The fraction of sp³-hybridized carbons (Fsp3) is 0.222. The third kappa shape index (κ3) is 1.58. The second kappa shape index (κ2) is 4.14. The third-order valence-electron chi connectivity index (χ3n) is 4.33. The molecule has 1 aliphatic rings. The Morgan fingerprint density at radius 3 is 1.80 bits per heavy atom. The Morgan fingerprint density at radius 1 is 0.650 bits per heavy atom. The van der Waals surface area contributed by atoms with Crippen LogP contribution in [0.15, 0.2) is 24.3 Å². The first-order valence-electron chi connectivity index (χ1n) is 6.72. The standard InChI is InChI=1S/C18H16O2/c1-9-5-6-13-16(12(9)4)18(20)15-8-11(3)10(2)7-14(15)17(13)19/h5-8H,1-4H3. The predicted octanol–water partition coefficient (Wildman–Crippen LogP) is 3.70. The summed E-state index contributed by atoms with van der Waals surface area (Å²) in [5, 5.41) is 0. The van der Waals surface area contributed by atoms with Gasteiger partial charge >= 0.3 is 0 Å². The van der Waals surface area contributed by atoms with Gasteiger partial charge in [-0.2, -0.15) is 0 Å². The van der Waals surface area contributed by atoms with Gasteiger partial charge in [-0.25, -0.2) is 0 Å². The van der Waals surface area contributed by atoms with E-state index in [4.69, 9.17) is 0 Å². The van der Waals surface area contributed by atoms with Crippen molar-refractivity contribution in [1.29, 1.82) is 0 Å². The lowest BCUT2D eigenvalue weighted by atomic mass is 9.80. The normalized spacial score (nSPS) is 13.2. The van der Waals surface area contributed by atoms with Crippen LogP contribution >= 0.6 is 0 Å². The van der Waals surface area contributed by atoms with Crippen LogP contribution in [0.3, 0.4) is 0 Å². The molecule has 0 heterocycles. The Bertz CT molecular complexity index is 778. The summed E-state index contributed by atoms with van der Waals surface area (Å²) < 4.78 is 0. The second-order valence-electron chi connectivity index (χ2n) is 5.57. The molecule has 0 atom stereocenters. The van der Waals surface area contributed by atoms with E-state index in [0.29, 0.717) is 22.3 Å². The van der Waals surface area contributed by atoms with Gasteiger partial charge in [0, 0.05) is 22.3 Å². The molecule has 1 aliphatic carbocycles. The van der Waals surface area contributed by atoms with Gasteiger partial charge in [-0.3, -0.25) is 9.59 Å². The fourth-order valence-electron chi connectivity index (χ4n) is 2.77. The zero-order chi connectivity index (χ0) is 14.6. The van der Waals surface area contributed by atoms with E-state index in [0.717, 1.165) is 22.3 Å². The summed E-state index contributed by atoms with van der Waals surface area (Å²) >= 11 is 0. The maximum absolute atomic E-state index is 12.7. The molecule has 0 fully saturated rings. The Labute approximate surface area is 118 Å². The van der Waals surface area contributed by atoms with Gasteiger partial charge in [0.25, 0.3) is 0 Å². The molecule has 0 aromatic heterocycles. The molecule has 3 rings (SSSR count). The first-order valence-corrected chi connectivity index (χ1v) is 6.72. The molecule has 2 heteroatoms. The van der Waals surface area contributed by atoms with E-state index in [2.05, 4.69) is 0 Å². The lowest BCUT2D eigenvalue weighted by Crippen LogP contribution is -2.23. The van der Waals surface area contributed by atoms with E-state index in [-0.39, 0.29) is 11.6 Å². The van der Waals surface area contributed by atoms with Crippen molar-refractivity contribution in [2.24, 2.45) is 0 Å². The van der Waals surface area contributed by atoms with E-state index in [1.807, 2.05) is 45.9 Å². The first-order chi connectivity index (χ1) is 9.41. The number of rotatable bonds is 0. The smallest absolute Gasteiger partial charge is 0.194 e. The Balaban J connectivity index is 2.37. The Kier molecular flexibility index (Phi) is 2.65. The van der Waals surface area contributed by atoms with Gasteiger partial charge in [0.15, 0.2) is 11.6 Å². The zero-order valence-electron chi connectivity index (χ0n) is 12.1. The maximum Gasteiger partial charge on any atom is 0.194 e. The van der Waals surface area contributed by atoms with E-state index >= 15 is 0 Å². The minimum atomic E-state index is -0.0409. The molecule has 0 spiro atoms. The number of ketones is 2. The third-order valence-corrected chi connectivity index (χ3v) is 4.33. The van der Waals surface area contributed by atoms with Crippen molar-refractivity contribution in [2.75, 3.05) is 0 Å². The molecule has 0 amide bonds. The molecule has 0 saturated heterocycles. The van der Waals surface area contributed by atoms with Gasteiger partial charge in [0.05, 0.1) is 0 Å². The average molecular weight is 264 g/mol. The van der Waals surface area contributed by atoms with Crippen LogP contribution in [-0.2, 0) is 0 Å². The molecule has 2 aromatic rings. The summed E-state index contributed by atoms with van der Waals surface area (Å²) in [6.45, 7) is 7.80. The van der Waals surface area contributed by atoms with Crippen LogP contribution < -0.4 is 0 Å². The molecule has 0 saturated carbocycles. The van der Waals surface area contributed by atoms with Crippen molar-refractivity contribution in [3.8, 4) is 0 Å². The highest BCUT2D eigenvalue weighted by atomic mass is 16.1. The van der Waals surface area contributed by atoms with Crippen LogP contribution in [0, 0.1) is 27.7 Å². The van der Waals surface area contributed by atoms with Crippen LogP contribution in [0.4, 0.5) is 0 Å². The Hall–Kier alpha value is -2.22. The zero-order valence-corrected chi connectivity index (χ0v) is 12.1. The Morgan fingerprint density at radius 2 is 1.20 bits per heavy atom. The number of hydrogen-bond acceptors (Lipinski definition) is 2. The first kappa shape index (κ1) is 12.8. The minimum absolute atomic E-state index is 0.0288. The molecule has 0 bridgehead atoms. The van der Waals surface area contributed by atoms with Crippen molar-refractivity contribution in [3.05, 3.63) is 68.8 Å². The van der Waals surface area contributed by atoms with Gasteiger partial charge in [0.1, 0.15) is 0 Å². The largest absolute Gasteiger partial charge is 0.289 e. The van der Waals surface area contributed by atoms with Crippen molar-refractivity contribution in [2.45, 2.75) is 27.7 Å². The molecule has 100 valence electrons. The molecule has 2 aromatic carbocycles. The highest BCUT2D eigenvalue weighted by Gasteiger charge is 2.31. The summed E-state index contributed by atoms with van der Waals surface area (Å²) in [4.78, 5) is 25.4. The molecule has 2 nitrogen and oxygen atoms in total. The van der Waals surface area contributed by atoms with Gasteiger partial charge < -0.3 is 0 Å². The van der Waals surface area contributed by atoms with E-state index < -0.39 is 0 Å². The van der Waals surface area contributed by atoms with Crippen molar-refractivity contribution >= 4 is 11.6 Å². The minimum Gasteiger partial charge on any atom is -0.289 e. The number of fused-ring (bicyclic) bond motifs is 2. The topological polar surface area (TPSA) is 34.1 Å². The number of carbonyl (C=O) groups is 2. The number of carbonyl (C=O) groups excluding carboxylic acids is 2. The molecule has 0 unspecified atom stereocenters. The highest BCUT2D eigenvalue weighted by Crippen LogP contribution is 2.32. The van der Waals surface area contributed by atoms with Crippen LogP contribution in [0.5, 0.6) is 0 Å². The summed E-state index contributed by atoms with van der Waals surface area (Å²) in [6, 6.07) is 7.36. The predicted molar refractivity (Wildman–Crippen MR) is 78.7 cm³/mol. The summed E-state index contributed by atoms with van der Waals surface area (Å²) in [7, 11) is 0. The van der Waals surface area contributed by atoms with Gasteiger partial charge in [-0.1, -0.05) is 12.1 Å². The lowest BCUT2D eigenvalue weighted by Gasteiger charge is -2.21. The molecule has 0 N–H and O–H groups in total. The van der Waals surface area contributed by atoms with Gasteiger partial charge in [-0.15, -0.1) is 0 Å². The van der Waals surface area contributed by atoms with Gasteiger partial charge in [-0.05, 0) is 62.1 Å². The molecule has 20 heavy (non-hydrogen) atoms. The molecular formula is C18H16O2. The van der Waals surface area contributed by atoms with Crippen molar-refractivity contribution in [3.63, 3.8) is 0 Å². The summed E-state index contributed by atoms with van der Waals surface area (Å²) in [6.07, 6.45) is 0. The van der Waals surface area contributed by atoms with Crippen molar-refractivity contribution in [1.82, 2.24) is 0 Å². The molecular weight excluding hydrogens is 248 g/mol. The monoisotopic (exact) mass is 264 g/mol. The van der Waals surface area contributed by atoms with E-state index in [1.54, 1.807) is 6.07 Å². The van der Waals surface area contributed by atoms with E-state index in [1.165, 1.54) is 0 Å². The van der Waals surface area contributed by atoms with Crippen LogP contribution in [0.2, 0.25) is 0 Å². The van der Waals surface area contributed by atoms with Crippen LogP contribution in [-0.4, -0.2) is 11.6 Å². The highest BCUT2D eigenvalue weighted by molar-refractivity contribution is 6.29. The fourth-order valence-corrected chi connectivity index (χ4v) is 2.77. The SMILES string of the molecule is Cc1cc2c(cc1C)C(=O)c1c(ccc(C)c1C)C2=O. The number of aryl methyl sites for hydroxylation is 3. The average Bonchev–Trinajstić information content (AvgIpc) is 2.41. The van der Waals surface area contributed by atoms with Crippen LogP contribution in [0.1, 0.15) is 54.1 Å². The summed E-state index contributed by atoms with van der Waals surface area (Å²) in [5.41, 5.74) is 6.21. The molecule has 0 radical (unpaired) electrons. The maximum atomic E-state index is 12.7. The van der Waals surface area contributed by atoms with Crippen molar-refractivity contribution < 1.29 is 9.59 Å². The quantitative estimate of drug-likeness (QED) is 0.620. The molecule has 0 aliphatic heterocycles. The second-order valence-corrected chi connectivity index (χ2v) is 5.57.